The molecule has 0 heterocycles. The van der Waals surface area contributed by atoms with Crippen molar-refractivity contribution in [2.45, 2.75) is 78.7 Å². The molecule has 1 amide bonds. The Morgan fingerprint density at radius 2 is 1.76 bits per heavy atom. The summed E-state index contributed by atoms with van der Waals surface area (Å²) in [5, 5.41) is 15.8. The average molecular weight is 302 g/mol. The monoisotopic (exact) mass is 302 g/mol. The van der Waals surface area contributed by atoms with Crippen LogP contribution < -0.4 is 10.6 Å². The topological polar surface area (TPSA) is 70.6 Å². The van der Waals surface area contributed by atoms with E-state index in [2.05, 4.69) is 24.5 Å². The molecule has 3 unspecified atom stereocenters. The van der Waals surface area contributed by atoms with Gasteiger partial charge in [0.15, 0.2) is 0 Å². The standard InChI is InChI=1S/C16H34N2O3/c1-11(2)8-12(3)21-10-14(19)9-17-13(4)15(20)18-16(5,6)7/h11-14,17,19H,8-10H2,1-7H3,(H,18,20). The van der Waals surface area contributed by atoms with Gasteiger partial charge in [0, 0.05) is 12.1 Å². The first-order valence-corrected chi connectivity index (χ1v) is 7.86. The molecular formula is C16H34N2O3. The van der Waals surface area contributed by atoms with Gasteiger partial charge in [-0.25, -0.2) is 0 Å². The number of carbonyl (C=O) groups excluding carboxylic acids is 1. The quantitative estimate of drug-likeness (QED) is 0.606. The maximum absolute atomic E-state index is 11.9. The number of ether oxygens (including phenoxy) is 1. The summed E-state index contributed by atoms with van der Waals surface area (Å²) in [6, 6.07) is -0.341. The van der Waals surface area contributed by atoms with Crippen LogP contribution in [0.15, 0.2) is 0 Å². The first-order valence-electron chi connectivity index (χ1n) is 7.86. The molecule has 0 aliphatic rings. The van der Waals surface area contributed by atoms with Crippen LogP contribution in [0.4, 0.5) is 0 Å². The Morgan fingerprint density at radius 3 is 2.24 bits per heavy atom. The summed E-state index contributed by atoms with van der Waals surface area (Å²) in [6.45, 7) is 14.5. The molecule has 0 spiro atoms. The van der Waals surface area contributed by atoms with E-state index in [0.29, 0.717) is 12.5 Å². The molecule has 0 saturated heterocycles. The van der Waals surface area contributed by atoms with Gasteiger partial charge in [-0.15, -0.1) is 0 Å². The van der Waals surface area contributed by atoms with E-state index in [9.17, 15) is 9.90 Å². The Hall–Kier alpha value is -0.650. The maximum atomic E-state index is 11.9. The van der Waals surface area contributed by atoms with Gasteiger partial charge in [-0.1, -0.05) is 13.8 Å². The highest BCUT2D eigenvalue weighted by Crippen LogP contribution is 2.07. The first kappa shape index (κ1) is 20.3. The number of aliphatic hydroxyl groups is 1. The Kier molecular flexibility index (Phi) is 9.09. The molecule has 0 bridgehead atoms. The Bertz CT molecular complexity index is 300. The van der Waals surface area contributed by atoms with Crippen molar-refractivity contribution in [3.8, 4) is 0 Å². The van der Waals surface area contributed by atoms with Crippen LogP contribution in [0.5, 0.6) is 0 Å². The molecular weight excluding hydrogens is 268 g/mol. The van der Waals surface area contributed by atoms with E-state index in [1.807, 2.05) is 27.7 Å². The number of hydrogen-bond acceptors (Lipinski definition) is 4. The zero-order valence-electron chi connectivity index (χ0n) is 14.7. The van der Waals surface area contributed by atoms with Gasteiger partial charge in [-0.2, -0.15) is 0 Å². The minimum absolute atomic E-state index is 0.0659. The van der Waals surface area contributed by atoms with E-state index in [1.54, 1.807) is 6.92 Å². The van der Waals surface area contributed by atoms with Gasteiger partial charge in [0.2, 0.25) is 5.91 Å². The second kappa shape index (κ2) is 9.38. The van der Waals surface area contributed by atoms with Crippen molar-refractivity contribution in [2.75, 3.05) is 13.2 Å². The first-order chi connectivity index (χ1) is 9.51. The number of amides is 1. The number of rotatable bonds is 9. The highest BCUT2D eigenvalue weighted by Gasteiger charge is 2.19. The highest BCUT2D eigenvalue weighted by molar-refractivity contribution is 5.81. The summed E-state index contributed by atoms with van der Waals surface area (Å²) in [6.07, 6.45) is 0.510. The van der Waals surface area contributed by atoms with Crippen molar-refractivity contribution in [3.05, 3.63) is 0 Å². The van der Waals surface area contributed by atoms with Gasteiger partial charge < -0.3 is 20.5 Å². The summed E-state index contributed by atoms with van der Waals surface area (Å²) >= 11 is 0. The third kappa shape index (κ3) is 11.7. The van der Waals surface area contributed by atoms with Crippen molar-refractivity contribution in [3.63, 3.8) is 0 Å². The second-order valence-electron chi connectivity index (χ2n) is 7.30. The van der Waals surface area contributed by atoms with Crippen LogP contribution in [0.2, 0.25) is 0 Å². The summed E-state index contributed by atoms with van der Waals surface area (Å²) < 4.78 is 5.60. The summed E-state index contributed by atoms with van der Waals surface area (Å²) in [5.74, 6) is 0.514. The summed E-state index contributed by atoms with van der Waals surface area (Å²) in [4.78, 5) is 11.9. The molecule has 0 aliphatic heterocycles. The van der Waals surface area contributed by atoms with E-state index >= 15 is 0 Å². The van der Waals surface area contributed by atoms with E-state index < -0.39 is 6.10 Å². The minimum Gasteiger partial charge on any atom is -0.389 e. The molecule has 0 aromatic heterocycles. The predicted octanol–water partition coefficient (Wildman–Crippen LogP) is 1.69. The zero-order valence-corrected chi connectivity index (χ0v) is 14.7. The molecule has 0 radical (unpaired) electrons. The van der Waals surface area contributed by atoms with Crippen LogP contribution in [-0.2, 0) is 9.53 Å². The molecule has 5 heteroatoms. The van der Waals surface area contributed by atoms with Crippen LogP contribution in [0.1, 0.15) is 54.9 Å². The van der Waals surface area contributed by atoms with Gasteiger partial charge in [-0.05, 0) is 47.0 Å². The lowest BCUT2D eigenvalue weighted by molar-refractivity contribution is -0.124. The van der Waals surface area contributed by atoms with Gasteiger partial charge in [-0.3, -0.25) is 4.79 Å². The lowest BCUT2D eigenvalue weighted by Gasteiger charge is -2.24. The SMILES string of the molecule is CC(C)CC(C)OCC(O)CNC(C)C(=O)NC(C)(C)C. The summed E-state index contributed by atoms with van der Waals surface area (Å²) in [7, 11) is 0. The van der Waals surface area contributed by atoms with Crippen molar-refractivity contribution >= 4 is 5.91 Å². The summed E-state index contributed by atoms with van der Waals surface area (Å²) in [5.41, 5.74) is -0.249. The van der Waals surface area contributed by atoms with Crippen molar-refractivity contribution in [1.82, 2.24) is 10.6 Å². The van der Waals surface area contributed by atoms with Crippen LogP contribution in [0.3, 0.4) is 0 Å². The number of hydrogen-bond donors (Lipinski definition) is 3. The molecule has 0 aromatic carbocycles. The number of carbonyl (C=O) groups is 1. The third-order valence-electron chi connectivity index (χ3n) is 2.93. The molecule has 0 rings (SSSR count). The zero-order chi connectivity index (χ0) is 16.6. The predicted molar refractivity (Wildman–Crippen MR) is 86.2 cm³/mol. The van der Waals surface area contributed by atoms with Gasteiger partial charge in [0.05, 0.1) is 24.9 Å². The number of aliphatic hydroxyl groups excluding tert-OH is 1. The molecule has 3 atom stereocenters. The number of nitrogens with one attached hydrogen (secondary N) is 2. The average Bonchev–Trinajstić information content (AvgIpc) is 2.30. The van der Waals surface area contributed by atoms with Gasteiger partial charge >= 0.3 is 0 Å². The molecule has 5 nitrogen and oxygen atoms in total. The van der Waals surface area contributed by atoms with Crippen LogP contribution in [0, 0.1) is 5.92 Å². The van der Waals surface area contributed by atoms with Crippen LogP contribution in [-0.4, -0.2) is 48.0 Å². The highest BCUT2D eigenvalue weighted by atomic mass is 16.5. The van der Waals surface area contributed by atoms with Crippen molar-refractivity contribution < 1.29 is 14.6 Å². The Labute approximate surface area is 129 Å². The largest absolute Gasteiger partial charge is 0.389 e. The Balaban J connectivity index is 3.91. The molecule has 126 valence electrons. The molecule has 3 N–H and O–H groups in total. The second-order valence-corrected chi connectivity index (χ2v) is 7.30. The van der Waals surface area contributed by atoms with E-state index in [0.717, 1.165) is 6.42 Å². The Morgan fingerprint density at radius 1 is 1.19 bits per heavy atom. The molecule has 0 fully saturated rings. The molecule has 0 saturated carbocycles. The molecule has 0 aromatic rings. The van der Waals surface area contributed by atoms with Gasteiger partial charge in [0.1, 0.15) is 0 Å². The van der Waals surface area contributed by atoms with Crippen LogP contribution >= 0.6 is 0 Å². The maximum Gasteiger partial charge on any atom is 0.237 e. The van der Waals surface area contributed by atoms with E-state index in [-0.39, 0.29) is 30.2 Å². The molecule has 0 aliphatic carbocycles. The van der Waals surface area contributed by atoms with Crippen molar-refractivity contribution in [1.29, 1.82) is 0 Å². The van der Waals surface area contributed by atoms with Gasteiger partial charge in [0.25, 0.3) is 0 Å². The fourth-order valence-corrected chi connectivity index (χ4v) is 1.95. The smallest absolute Gasteiger partial charge is 0.237 e. The molecule has 21 heavy (non-hydrogen) atoms. The fourth-order valence-electron chi connectivity index (χ4n) is 1.95. The fraction of sp³-hybridized carbons (Fsp3) is 0.938. The van der Waals surface area contributed by atoms with Crippen LogP contribution in [0.25, 0.3) is 0 Å². The minimum atomic E-state index is -0.607. The lowest BCUT2D eigenvalue weighted by atomic mass is 10.1. The van der Waals surface area contributed by atoms with E-state index in [1.165, 1.54) is 0 Å². The lowest BCUT2D eigenvalue weighted by Crippen LogP contribution is -2.51. The third-order valence-corrected chi connectivity index (χ3v) is 2.93. The van der Waals surface area contributed by atoms with E-state index in [4.69, 9.17) is 4.74 Å². The normalized spacial score (nSPS) is 16.6. The van der Waals surface area contributed by atoms with Crippen molar-refractivity contribution in [2.24, 2.45) is 5.92 Å².